The van der Waals surface area contributed by atoms with Crippen LogP contribution in [0, 0.1) is 17.1 Å². The van der Waals surface area contributed by atoms with Crippen LogP contribution in [0.1, 0.15) is 5.56 Å². The molecule has 1 N–H and O–H groups in total. The van der Waals surface area contributed by atoms with Crippen LogP contribution in [-0.2, 0) is 0 Å². The molecule has 1 aromatic carbocycles. The maximum absolute atomic E-state index is 13.3. The molecule has 3 rings (SSSR count). The first-order chi connectivity index (χ1) is 10.2. The van der Waals surface area contributed by atoms with Gasteiger partial charge in [0.2, 0.25) is 5.82 Å². The normalized spacial score (nSPS) is 10.3. The van der Waals surface area contributed by atoms with E-state index in [4.69, 9.17) is 14.9 Å². The van der Waals surface area contributed by atoms with Gasteiger partial charge in [0.15, 0.2) is 11.6 Å². The number of phenols is 1. The van der Waals surface area contributed by atoms with E-state index in [2.05, 4.69) is 15.1 Å². The smallest absolute Gasteiger partial charge is 0.276 e. The highest BCUT2D eigenvalue weighted by atomic mass is 19.1. The zero-order chi connectivity index (χ0) is 14.8. The summed E-state index contributed by atoms with van der Waals surface area (Å²) in [6.45, 7) is 0. The summed E-state index contributed by atoms with van der Waals surface area (Å²) in [4.78, 5) is 8.13. The van der Waals surface area contributed by atoms with E-state index >= 15 is 0 Å². The lowest BCUT2D eigenvalue weighted by Gasteiger charge is -1.96. The molecule has 0 spiro atoms. The van der Waals surface area contributed by atoms with E-state index < -0.39 is 11.6 Å². The molecule has 2 aromatic heterocycles. The number of nitrogens with zero attached hydrogens (tertiary/aromatic N) is 4. The highest BCUT2D eigenvalue weighted by molar-refractivity contribution is 5.59. The second-order valence-electron chi connectivity index (χ2n) is 4.13. The molecule has 0 unspecified atom stereocenters. The number of nitriles is 1. The molecule has 0 aliphatic rings. The molecule has 7 heteroatoms. The summed E-state index contributed by atoms with van der Waals surface area (Å²) in [6, 6.07) is 8.89. The first-order valence-electron chi connectivity index (χ1n) is 5.86. The number of benzene rings is 1. The van der Waals surface area contributed by atoms with Gasteiger partial charge in [-0.15, -0.1) is 0 Å². The topological polar surface area (TPSA) is 95.8 Å². The molecule has 0 saturated heterocycles. The number of halogens is 1. The standard InChI is InChI=1S/C14H7FN4O2/c15-10-5-9(2-4-12(10)20)13-18-14(21-19-13)11-3-1-8(6-16)7-17-11/h1-5,7,20H. The second-order valence-corrected chi connectivity index (χ2v) is 4.13. The van der Waals surface area contributed by atoms with Crippen LogP contribution in [0.5, 0.6) is 5.75 Å². The number of rotatable bonds is 2. The largest absolute Gasteiger partial charge is 0.505 e. The van der Waals surface area contributed by atoms with Gasteiger partial charge in [-0.25, -0.2) is 9.37 Å². The molecule has 0 fully saturated rings. The second kappa shape index (κ2) is 5.02. The van der Waals surface area contributed by atoms with E-state index in [9.17, 15) is 4.39 Å². The van der Waals surface area contributed by atoms with Crippen LogP contribution < -0.4 is 0 Å². The Bertz CT molecular complexity index is 837. The van der Waals surface area contributed by atoms with Gasteiger partial charge in [0.05, 0.1) is 5.56 Å². The Morgan fingerprint density at radius 2 is 2.10 bits per heavy atom. The minimum atomic E-state index is -0.768. The quantitative estimate of drug-likeness (QED) is 0.775. The zero-order valence-electron chi connectivity index (χ0n) is 10.5. The Morgan fingerprint density at radius 3 is 2.76 bits per heavy atom. The molecule has 0 atom stereocenters. The maximum atomic E-state index is 13.3. The fraction of sp³-hybridized carbons (Fsp3) is 0. The van der Waals surface area contributed by atoms with Crippen molar-refractivity contribution in [2.75, 3.05) is 0 Å². The van der Waals surface area contributed by atoms with Crippen molar-refractivity contribution in [3.63, 3.8) is 0 Å². The summed E-state index contributed by atoms with van der Waals surface area (Å²) in [7, 11) is 0. The molecule has 0 aliphatic heterocycles. The average Bonchev–Trinajstić information content (AvgIpc) is 3.00. The third-order valence-electron chi connectivity index (χ3n) is 2.74. The van der Waals surface area contributed by atoms with Gasteiger partial charge in [-0.2, -0.15) is 10.2 Å². The number of pyridine rings is 1. The third-order valence-corrected chi connectivity index (χ3v) is 2.74. The molecule has 0 amide bonds. The van der Waals surface area contributed by atoms with Crippen molar-refractivity contribution in [3.05, 3.63) is 47.9 Å². The Hall–Kier alpha value is -3.27. The summed E-state index contributed by atoms with van der Waals surface area (Å²) in [5, 5.41) is 21.6. The van der Waals surface area contributed by atoms with E-state index in [0.29, 0.717) is 16.8 Å². The Kier molecular flexibility index (Phi) is 3.04. The molecule has 0 bridgehead atoms. The van der Waals surface area contributed by atoms with Crippen molar-refractivity contribution in [2.45, 2.75) is 0 Å². The number of hydrogen-bond donors (Lipinski definition) is 1. The molecule has 3 aromatic rings. The first kappa shape index (κ1) is 12.7. The molecule has 102 valence electrons. The van der Waals surface area contributed by atoms with Crippen LogP contribution in [0.3, 0.4) is 0 Å². The average molecular weight is 282 g/mol. The van der Waals surface area contributed by atoms with Crippen LogP contribution >= 0.6 is 0 Å². The van der Waals surface area contributed by atoms with Crippen LogP contribution in [0.25, 0.3) is 23.0 Å². The van der Waals surface area contributed by atoms with Gasteiger partial charge in [-0.1, -0.05) is 5.16 Å². The number of aromatic hydroxyl groups is 1. The zero-order valence-corrected chi connectivity index (χ0v) is 10.5. The van der Waals surface area contributed by atoms with Crippen molar-refractivity contribution in [2.24, 2.45) is 0 Å². The first-order valence-corrected chi connectivity index (χ1v) is 5.86. The van der Waals surface area contributed by atoms with E-state index in [1.54, 1.807) is 12.1 Å². The van der Waals surface area contributed by atoms with Crippen LogP contribution in [0.15, 0.2) is 41.1 Å². The Balaban J connectivity index is 1.95. The molecule has 0 aliphatic carbocycles. The number of phenolic OH excluding ortho intramolecular Hbond substituents is 1. The molecule has 21 heavy (non-hydrogen) atoms. The van der Waals surface area contributed by atoms with E-state index in [1.165, 1.54) is 18.3 Å². The summed E-state index contributed by atoms with van der Waals surface area (Å²) in [5.41, 5.74) is 1.19. The van der Waals surface area contributed by atoms with E-state index in [-0.39, 0.29) is 11.7 Å². The molecular weight excluding hydrogens is 275 g/mol. The summed E-state index contributed by atoms with van der Waals surface area (Å²) in [5.74, 6) is -0.885. The number of hydrogen-bond acceptors (Lipinski definition) is 6. The lowest BCUT2D eigenvalue weighted by atomic mass is 10.2. The van der Waals surface area contributed by atoms with Crippen LogP contribution in [0.2, 0.25) is 0 Å². The monoisotopic (exact) mass is 282 g/mol. The Labute approximate surface area is 118 Å². The van der Waals surface area contributed by atoms with Gasteiger partial charge in [-0.3, -0.25) is 0 Å². The van der Waals surface area contributed by atoms with Crippen LogP contribution in [-0.4, -0.2) is 20.2 Å². The van der Waals surface area contributed by atoms with Crippen LogP contribution in [0.4, 0.5) is 4.39 Å². The third kappa shape index (κ3) is 2.42. The maximum Gasteiger partial charge on any atom is 0.276 e. The van der Waals surface area contributed by atoms with Gasteiger partial charge in [0.1, 0.15) is 11.8 Å². The highest BCUT2D eigenvalue weighted by Gasteiger charge is 2.13. The van der Waals surface area contributed by atoms with E-state index in [1.807, 2.05) is 6.07 Å². The molecule has 0 radical (unpaired) electrons. The minimum absolute atomic E-state index is 0.156. The summed E-state index contributed by atoms with van der Waals surface area (Å²) in [6.07, 6.45) is 1.39. The molecule has 0 saturated carbocycles. The predicted molar refractivity (Wildman–Crippen MR) is 69.3 cm³/mol. The minimum Gasteiger partial charge on any atom is -0.505 e. The fourth-order valence-corrected chi connectivity index (χ4v) is 1.68. The van der Waals surface area contributed by atoms with Gasteiger partial charge in [0, 0.05) is 11.8 Å². The van der Waals surface area contributed by atoms with Crippen molar-refractivity contribution >= 4 is 0 Å². The molecular formula is C14H7FN4O2. The number of aromatic nitrogens is 3. The van der Waals surface area contributed by atoms with Gasteiger partial charge >= 0.3 is 0 Å². The lowest BCUT2D eigenvalue weighted by Crippen LogP contribution is -1.86. The lowest BCUT2D eigenvalue weighted by molar-refractivity contribution is 0.429. The van der Waals surface area contributed by atoms with Crippen molar-refractivity contribution in [1.29, 1.82) is 5.26 Å². The molecule has 6 nitrogen and oxygen atoms in total. The predicted octanol–water partition coefficient (Wildman–Crippen LogP) is 2.51. The summed E-state index contributed by atoms with van der Waals surface area (Å²) < 4.78 is 18.4. The SMILES string of the molecule is N#Cc1ccc(-c2nc(-c3ccc(O)c(F)c3)no2)nc1. The van der Waals surface area contributed by atoms with Crippen molar-refractivity contribution in [1.82, 2.24) is 15.1 Å². The van der Waals surface area contributed by atoms with E-state index in [0.717, 1.165) is 6.07 Å². The van der Waals surface area contributed by atoms with Crippen molar-refractivity contribution < 1.29 is 14.0 Å². The van der Waals surface area contributed by atoms with Crippen molar-refractivity contribution in [3.8, 4) is 34.8 Å². The highest BCUT2D eigenvalue weighted by Crippen LogP contribution is 2.24. The summed E-state index contributed by atoms with van der Waals surface area (Å²) >= 11 is 0. The fourth-order valence-electron chi connectivity index (χ4n) is 1.68. The van der Waals surface area contributed by atoms with Gasteiger partial charge in [0.25, 0.3) is 5.89 Å². The Morgan fingerprint density at radius 1 is 1.24 bits per heavy atom. The van der Waals surface area contributed by atoms with Gasteiger partial charge in [-0.05, 0) is 30.3 Å². The molecule has 2 heterocycles. The van der Waals surface area contributed by atoms with Gasteiger partial charge < -0.3 is 9.63 Å².